The number of furan rings is 1. The van der Waals surface area contributed by atoms with Crippen molar-refractivity contribution < 1.29 is 23.5 Å². The molecule has 2 rings (SSSR count). The Hall–Kier alpha value is -2.60. The average Bonchev–Trinajstić information content (AvgIpc) is 3.05. The van der Waals surface area contributed by atoms with Crippen molar-refractivity contribution in [2.45, 2.75) is 13.2 Å². The van der Waals surface area contributed by atoms with Crippen molar-refractivity contribution >= 4 is 11.9 Å². The van der Waals surface area contributed by atoms with E-state index in [1.165, 1.54) is 4.90 Å². The van der Waals surface area contributed by atoms with E-state index in [9.17, 15) is 9.59 Å². The van der Waals surface area contributed by atoms with E-state index in [2.05, 4.69) is 0 Å². The third-order valence-electron chi connectivity index (χ3n) is 3.20. The number of nitrogens with zero attached hydrogens (tertiary/aromatic N) is 1. The second kappa shape index (κ2) is 8.14. The van der Waals surface area contributed by atoms with Gasteiger partial charge in [0.2, 0.25) is 0 Å². The summed E-state index contributed by atoms with van der Waals surface area (Å²) in [5.74, 6) is -0.176. The molecule has 0 fully saturated rings. The molecule has 1 heterocycles. The van der Waals surface area contributed by atoms with Crippen LogP contribution >= 0.6 is 0 Å². The van der Waals surface area contributed by atoms with Crippen molar-refractivity contribution in [3.63, 3.8) is 0 Å². The number of ether oxygens (including phenoxy) is 2. The van der Waals surface area contributed by atoms with Crippen LogP contribution in [0.15, 0.2) is 47.1 Å². The molecule has 0 unspecified atom stereocenters. The van der Waals surface area contributed by atoms with Crippen LogP contribution in [0.1, 0.15) is 21.7 Å². The molecule has 122 valence electrons. The Morgan fingerprint density at radius 2 is 2.04 bits per heavy atom. The van der Waals surface area contributed by atoms with Crippen LogP contribution in [0.5, 0.6) is 0 Å². The summed E-state index contributed by atoms with van der Waals surface area (Å²) in [6, 6.07) is 10.4. The summed E-state index contributed by atoms with van der Waals surface area (Å²) >= 11 is 0. The third-order valence-corrected chi connectivity index (χ3v) is 3.20. The Morgan fingerprint density at radius 3 is 2.74 bits per heavy atom. The highest BCUT2D eigenvalue weighted by molar-refractivity contribution is 5.91. The Kier molecular flexibility index (Phi) is 5.94. The molecule has 6 nitrogen and oxygen atoms in total. The topological polar surface area (TPSA) is 69.0 Å². The van der Waals surface area contributed by atoms with Crippen molar-refractivity contribution in [1.29, 1.82) is 0 Å². The molecule has 0 bridgehead atoms. The number of carbonyl (C=O) groups excluding carboxylic acids is 2. The molecule has 1 amide bonds. The number of amides is 1. The second-order valence-electron chi connectivity index (χ2n) is 5.04. The van der Waals surface area contributed by atoms with E-state index in [-0.39, 0.29) is 12.5 Å². The molecule has 0 radical (unpaired) electrons. The van der Waals surface area contributed by atoms with Crippen molar-refractivity contribution in [2.75, 3.05) is 20.8 Å². The summed E-state index contributed by atoms with van der Waals surface area (Å²) in [6.07, 6.45) is 1.54. The Labute approximate surface area is 134 Å². The molecule has 23 heavy (non-hydrogen) atoms. The molecule has 1 aromatic heterocycles. The van der Waals surface area contributed by atoms with E-state index in [0.717, 1.165) is 5.56 Å². The lowest BCUT2D eigenvalue weighted by Gasteiger charge is -2.15. The van der Waals surface area contributed by atoms with Crippen LogP contribution in [0.2, 0.25) is 0 Å². The molecular formula is C17H19NO5. The highest BCUT2D eigenvalue weighted by atomic mass is 16.5. The highest BCUT2D eigenvalue weighted by Crippen LogP contribution is 2.09. The smallest absolute Gasteiger partial charge is 0.338 e. The summed E-state index contributed by atoms with van der Waals surface area (Å²) in [4.78, 5) is 25.4. The molecule has 2 aromatic rings. The van der Waals surface area contributed by atoms with Gasteiger partial charge in [0.05, 0.1) is 25.0 Å². The predicted octanol–water partition coefficient (Wildman–Crippen LogP) is 2.24. The lowest BCUT2D eigenvalue weighted by Crippen LogP contribution is -2.30. The van der Waals surface area contributed by atoms with Crippen molar-refractivity contribution in [3.05, 3.63) is 59.5 Å². The number of methoxy groups -OCH3 is 1. The molecule has 0 spiro atoms. The minimum atomic E-state index is -0.539. The van der Waals surface area contributed by atoms with Gasteiger partial charge in [0.15, 0.2) is 6.61 Å². The molecule has 0 aliphatic carbocycles. The maximum absolute atomic E-state index is 12.0. The maximum Gasteiger partial charge on any atom is 0.338 e. The van der Waals surface area contributed by atoms with Gasteiger partial charge in [-0.05, 0) is 29.8 Å². The standard InChI is InChI=1S/C17H19NO5/c1-18(10-15-7-4-8-22-15)16(19)12-23-17(20)14-6-3-5-13(9-14)11-21-2/h3-9H,10-12H2,1-2H3. The van der Waals surface area contributed by atoms with Crippen LogP contribution in [-0.4, -0.2) is 37.5 Å². The zero-order chi connectivity index (χ0) is 16.7. The van der Waals surface area contributed by atoms with Crippen molar-refractivity contribution in [2.24, 2.45) is 0 Å². The third kappa shape index (κ3) is 4.96. The van der Waals surface area contributed by atoms with Crippen molar-refractivity contribution in [3.8, 4) is 0 Å². The molecular weight excluding hydrogens is 298 g/mol. The lowest BCUT2D eigenvalue weighted by atomic mass is 10.1. The van der Waals surface area contributed by atoms with Crippen LogP contribution in [0.25, 0.3) is 0 Å². The Morgan fingerprint density at radius 1 is 1.22 bits per heavy atom. The van der Waals surface area contributed by atoms with Gasteiger partial charge in [0.1, 0.15) is 5.76 Å². The van der Waals surface area contributed by atoms with E-state index in [0.29, 0.717) is 24.5 Å². The molecule has 0 atom stereocenters. The average molecular weight is 317 g/mol. The van der Waals surface area contributed by atoms with Gasteiger partial charge in [-0.3, -0.25) is 4.79 Å². The first kappa shape index (κ1) is 16.8. The SMILES string of the molecule is COCc1cccc(C(=O)OCC(=O)N(C)Cc2ccco2)c1. The van der Waals surface area contributed by atoms with Gasteiger partial charge in [-0.15, -0.1) is 0 Å². The highest BCUT2D eigenvalue weighted by Gasteiger charge is 2.14. The van der Waals surface area contributed by atoms with Gasteiger partial charge < -0.3 is 18.8 Å². The molecule has 0 N–H and O–H groups in total. The summed E-state index contributed by atoms with van der Waals surface area (Å²) in [5, 5.41) is 0. The van der Waals surface area contributed by atoms with E-state index in [4.69, 9.17) is 13.9 Å². The number of carbonyl (C=O) groups is 2. The minimum Gasteiger partial charge on any atom is -0.467 e. The molecule has 1 aromatic carbocycles. The van der Waals surface area contributed by atoms with Crippen LogP contribution in [0, 0.1) is 0 Å². The van der Waals surface area contributed by atoms with Gasteiger partial charge in [0.25, 0.3) is 5.91 Å². The number of hydrogen-bond acceptors (Lipinski definition) is 5. The second-order valence-corrected chi connectivity index (χ2v) is 5.04. The molecule has 0 saturated heterocycles. The van der Waals surface area contributed by atoms with E-state index < -0.39 is 5.97 Å². The quantitative estimate of drug-likeness (QED) is 0.733. The minimum absolute atomic E-state index is 0.303. The first-order valence-corrected chi connectivity index (χ1v) is 7.11. The van der Waals surface area contributed by atoms with Crippen LogP contribution in [-0.2, 0) is 27.4 Å². The zero-order valence-electron chi connectivity index (χ0n) is 13.2. The number of rotatable bonds is 7. The molecule has 0 saturated carbocycles. The van der Waals surface area contributed by atoms with Crippen molar-refractivity contribution in [1.82, 2.24) is 4.90 Å². The summed E-state index contributed by atoms with van der Waals surface area (Å²) in [5.41, 5.74) is 1.25. The van der Waals surface area contributed by atoms with Gasteiger partial charge in [-0.2, -0.15) is 0 Å². The Balaban J connectivity index is 1.85. The summed E-state index contributed by atoms with van der Waals surface area (Å²) in [7, 11) is 3.20. The first-order chi connectivity index (χ1) is 11.1. The fourth-order valence-electron chi connectivity index (χ4n) is 2.00. The van der Waals surface area contributed by atoms with E-state index in [1.54, 1.807) is 50.8 Å². The van der Waals surface area contributed by atoms with Crippen LogP contribution in [0.4, 0.5) is 0 Å². The fourth-order valence-corrected chi connectivity index (χ4v) is 2.00. The predicted molar refractivity (Wildman–Crippen MR) is 82.6 cm³/mol. The van der Waals surface area contributed by atoms with Gasteiger partial charge in [-0.25, -0.2) is 4.79 Å². The van der Waals surface area contributed by atoms with Crippen LogP contribution in [0.3, 0.4) is 0 Å². The lowest BCUT2D eigenvalue weighted by molar-refractivity contribution is -0.133. The monoisotopic (exact) mass is 317 g/mol. The fraction of sp³-hybridized carbons (Fsp3) is 0.294. The van der Waals surface area contributed by atoms with Gasteiger partial charge in [0, 0.05) is 14.2 Å². The zero-order valence-corrected chi connectivity index (χ0v) is 13.2. The number of likely N-dealkylation sites (N-methyl/N-ethyl adjacent to an activating group) is 1. The first-order valence-electron chi connectivity index (χ1n) is 7.11. The molecule has 6 heteroatoms. The Bertz CT molecular complexity index is 651. The molecule has 0 aliphatic heterocycles. The maximum atomic E-state index is 12.0. The number of esters is 1. The van der Waals surface area contributed by atoms with Gasteiger partial charge >= 0.3 is 5.97 Å². The number of benzene rings is 1. The van der Waals surface area contributed by atoms with E-state index in [1.807, 2.05) is 6.07 Å². The largest absolute Gasteiger partial charge is 0.467 e. The summed E-state index contributed by atoms with van der Waals surface area (Å²) < 4.78 is 15.3. The summed E-state index contributed by atoms with van der Waals surface area (Å²) in [6.45, 7) is 0.420. The molecule has 0 aliphatic rings. The van der Waals surface area contributed by atoms with Crippen LogP contribution < -0.4 is 0 Å². The normalized spacial score (nSPS) is 10.3. The van der Waals surface area contributed by atoms with Gasteiger partial charge in [-0.1, -0.05) is 12.1 Å². The number of hydrogen-bond donors (Lipinski definition) is 0. The van der Waals surface area contributed by atoms with E-state index >= 15 is 0 Å².